The minimum absolute atomic E-state index is 0.647. The minimum atomic E-state index is 0.647. The standard InChI is InChI=1S/C47H35N3.C2H6/c1-5-6-22-39(31(2)3)44(48-4)47-49-45-42(36-27-25-32-16-10-12-18-34(32)29-36)40-23-14-15-24-41(40)43(46(45)50(47)38-20-8-7-9-21-38)37-28-26-33-17-11-13-19-35(33)30-37;1-2/h5-30H,1-2,4H2,3H3;1-2H3/b22-6-,44-39-;. The largest absolute Gasteiger partial charge is 0.290 e. The molecule has 0 spiro atoms. The van der Waals surface area contributed by atoms with Crippen LogP contribution < -0.4 is 0 Å². The van der Waals surface area contributed by atoms with Crippen molar-refractivity contribution in [2.75, 3.05) is 0 Å². The molecule has 0 aliphatic heterocycles. The van der Waals surface area contributed by atoms with E-state index in [4.69, 9.17) is 4.98 Å². The van der Waals surface area contributed by atoms with E-state index in [0.29, 0.717) is 11.5 Å². The lowest BCUT2D eigenvalue weighted by Crippen LogP contribution is -2.03. The van der Waals surface area contributed by atoms with Crippen LogP contribution >= 0.6 is 0 Å². The highest BCUT2D eigenvalue weighted by atomic mass is 15.1. The third kappa shape index (κ3) is 5.97. The first-order valence-electron chi connectivity index (χ1n) is 17.7. The van der Waals surface area contributed by atoms with Crippen molar-refractivity contribution >= 4 is 55.8 Å². The fourth-order valence-electron chi connectivity index (χ4n) is 7.12. The van der Waals surface area contributed by atoms with Crippen LogP contribution in [0.15, 0.2) is 187 Å². The topological polar surface area (TPSA) is 30.2 Å². The average Bonchev–Trinajstić information content (AvgIpc) is 3.58. The monoisotopic (exact) mass is 671 g/mol. The molecular weight excluding hydrogens is 631 g/mol. The molecule has 3 heteroatoms. The molecular formula is C49H41N3. The lowest BCUT2D eigenvalue weighted by atomic mass is 9.89. The summed E-state index contributed by atoms with van der Waals surface area (Å²) < 4.78 is 2.26. The summed E-state index contributed by atoms with van der Waals surface area (Å²) in [6.45, 7) is 18.3. The molecule has 0 saturated carbocycles. The van der Waals surface area contributed by atoms with E-state index < -0.39 is 0 Å². The molecule has 0 N–H and O–H groups in total. The average molecular weight is 672 g/mol. The molecule has 1 heterocycles. The van der Waals surface area contributed by atoms with Gasteiger partial charge < -0.3 is 0 Å². The number of nitrogens with zero attached hydrogens (tertiary/aromatic N) is 3. The van der Waals surface area contributed by atoms with E-state index in [-0.39, 0.29) is 0 Å². The molecule has 0 saturated heterocycles. The lowest BCUT2D eigenvalue weighted by Gasteiger charge is -2.18. The summed E-state index contributed by atoms with van der Waals surface area (Å²) in [4.78, 5) is 10.3. The highest BCUT2D eigenvalue weighted by Crippen LogP contribution is 2.46. The Morgan fingerprint density at radius 2 is 1.17 bits per heavy atom. The van der Waals surface area contributed by atoms with Crippen LogP contribution in [-0.2, 0) is 0 Å². The van der Waals surface area contributed by atoms with Gasteiger partial charge in [0.15, 0.2) is 5.82 Å². The number of hydrogen-bond acceptors (Lipinski definition) is 2. The van der Waals surface area contributed by atoms with Crippen molar-refractivity contribution in [3.05, 3.63) is 188 Å². The predicted molar refractivity (Wildman–Crippen MR) is 226 cm³/mol. The van der Waals surface area contributed by atoms with Crippen molar-refractivity contribution in [3.63, 3.8) is 0 Å². The van der Waals surface area contributed by atoms with Crippen LogP contribution in [0.4, 0.5) is 0 Å². The number of allylic oxidation sites excluding steroid dienone is 5. The Labute approximate surface area is 305 Å². The van der Waals surface area contributed by atoms with Crippen LogP contribution in [0.2, 0.25) is 0 Å². The highest BCUT2D eigenvalue weighted by Gasteiger charge is 2.26. The van der Waals surface area contributed by atoms with Crippen molar-refractivity contribution < 1.29 is 0 Å². The molecule has 0 atom stereocenters. The number of hydrogen-bond donors (Lipinski definition) is 0. The highest BCUT2D eigenvalue weighted by molar-refractivity contribution is 6.21. The van der Waals surface area contributed by atoms with Gasteiger partial charge in [-0.1, -0.05) is 160 Å². The van der Waals surface area contributed by atoms with Gasteiger partial charge in [-0.15, -0.1) is 0 Å². The molecule has 52 heavy (non-hydrogen) atoms. The quantitative estimate of drug-likeness (QED) is 0.117. The maximum Gasteiger partial charge on any atom is 0.165 e. The number of aromatic nitrogens is 2. The minimum Gasteiger partial charge on any atom is -0.290 e. The van der Waals surface area contributed by atoms with Gasteiger partial charge in [-0.05, 0) is 86.9 Å². The Bertz CT molecular complexity index is 2700. The number of fused-ring (bicyclic) bond motifs is 4. The van der Waals surface area contributed by atoms with Crippen LogP contribution in [0.5, 0.6) is 0 Å². The first-order chi connectivity index (χ1) is 25.6. The van der Waals surface area contributed by atoms with Crippen LogP contribution in [0.1, 0.15) is 26.6 Å². The van der Waals surface area contributed by atoms with Crippen LogP contribution in [0, 0.1) is 0 Å². The number of rotatable bonds is 8. The van der Waals surface area contributed by atoms with E-state index in [9.17, 15) is 0 Å². The van der Waals surface area contributed by atoms with Gasteiger partial charge >= 0.3 is 0 Å². The second kappa shape index (κ2) is 14.7. The summed E-state index contributed by atoms with van der Waals surface area (Å²) in [5.74, 6) is 0.687. The van der Waals surface area contributed by atoms with Gasteiger partial charge in [0.2, 0.25) is 0 Å². The first-order valence-corrected chi connectivity index (χ1v) is 17.7. The summed E-state index contributed by atoms with van der Waals surface area (Å²) in [5.41, 5.74) is 9.59. The molecule has 8 aromatic rings. The zero-order chi connectivity index (χ0) is 36.2. The fourth-order valence-corrected chi connectivity index (χ4v) is 7.12. The molecule has 0 amide bonds. The van der Waals surface area contributed by atoms with E-state index >= 15 is 0 Å². The van der Waals surface area contributed by atoms with Crippen LogP contribution in [0.3, 0.4) is 0 Å². The van der Waals surface area contributed by atoms with Crippen molar-refractivity contribution in [1.29, 1.82) is 0 Å². The van der Waals surface area contributed by atoms with Gasteiger partial charge in [0.05, 0.1) is 11.0 Å². The van der Waals surface area contributed by atoms with Gasteiger partial charge in [-0.3, -0.25) is 9.56 Å². The Morgan fingerprint density at radius 1 is 0.654 bits per heavy atom. The Balaban J connectivity index is 0.00000207. The summed E-state index contributed by atoms with van der Waals surface area (Å²) in [5, 5.41) is 7.02. The number of aliphatic imine (C=N–C) groups is 1. The molecule has 0 unspecified atom stereocenters. The van der Waals surface area contributed by atoms with E-state index in [1.54, 1.807) is 6.08 Å². The molecule has 0 fully saturated rings. The van der Waals surface area contributed by atoms with Crippen LogP contribution in [-0.4, -0.2) is 16.3 Å². The second-order valence-corrected chi connectivity index (χ2v) is 12.5. The molecule has 0 radical (unpaired) electrons. The van der Waals surface area contributed by atoms with E-state index in [2.05, 4.69) is 163 Å². The van der Waals surface area contributed by atoms with Crippen molar-refractivity contribution in [2.24, 2.45) is 4.99 Å². The molecule has 252 valence electrons. The zero-order valence-corrected chi connectivity index (χ0v) is 30.0. The molecule has 1 aromatic heterocycles. The van der Waals surface area contributed by atoms with Crippen molar-refractivity contribution in [2.45, 2.75) is 20.8 Å². The maximum atomic E-state index is 5.60. The normalized spacial score (nSPS) is 11.8. The lowest BCUT2D eigenvalue weighted by molar-refractivity contribution is 1.04. The van der Waals surface area contributed by atoms with Gasteiger partial charge in [0.25, 0.3) is 0 Å². The Hall–Kier alpha value is -6.58. The third-order valence-electron chi connectivity index (χ3n) is 9.39. The SMILES string of the molecule is C=C/C=C\C(C(=C)C)=C(\N=C)c1nc2c(-c3ccc4ccccc4c3)c3ccccc3c(-c3ccc4ccccc4c3)c2n1-c1ccccc1.CC. The number of para-hydroxylation sites is 1. The van der Waals surface area contributed by atoms with Gasteiger partial charge in [-0.2, -0.15) is 0 Å². The molecule has 3 nitrogen and oxygen atoms in total. The molecule has 8 rings (SSSR count). The Morgan fingerprint density at radius 3 is 1.73 bits per heavy atom. The van der Waals surface area contributed by atoms with E-state index in [1.165, 1.54) is 21.5 Å². The summed E-state index contributed by atoms with van der Waals surface area (Å²) >= 11 is 0. The molecule has 7 aromatic carbocycles. The first kappa shape index (κ1) is 33.9. The van der Waals surface area contributed by atoms with E-state index in [0.717, 1.165) is 60.9 Å². The van der Waals surface area contributed by atoms with Gasteiger partial charge in [0.1, 0.15) is 5.70 Å². The summed E-state index contributed by atoms with van der Waals surface area (Å²) in [6, 6.07) is 49.6. The maximum absolute atomic E-state index is 5.60. The van der Waals surface area contributed by atoms with Gasteiger partial charge in [-0.25, -0.2) is 4.98 Å². The second-order valence-electron chi connectivity index (χ2n) is 12.5. The smallest absolute Gasteiger partial charge is 0.165 e. The zero-order valence-electron chi connectivity index (χ0n) is 30.0. The third-order valence-corrected chi connectivity index (χ3v) is 9.39. The summed E-state index contributed by atoms with van der Waals surface area (Å²) in [6.07, 6.45) is 5.64. The predicted octanol–water partition coefficient (Wildman–Crippen LogP) is 13.6. The fraction of sp³-hybridized carbons (Fsp3) is 0.0612. The molecule has 0 bridgehead atoms. The van der Waals surface area contributed by atoms with Crippen LogP contribution in [0.25, 0.3) is 77.0 Å². The van der Waals surface area contributed by atoms with Crippen molar-refractivity contribution in [3.8, 4) is 27.9 Å². The Kier molecular flexibility index (Phi) is 9.60. The summed E-state index contributed by atoms with van der Waals surface area (Å²) in [7, 11) is 0. The molecule has 0 aliphatic rings. The number of imidazole rings is 1. The van der Waals surface area contributed by atoms with Gasteiger partial charge in [0, 0.05) is 22.4 Å². The number of benzene rings is 7. The molecule has 0 aliphatic carbocycles. The van der Waals surface area contributed by atoms with E-state index in [1.807, 2.05) is 39.0 Å². The van der Waals surface area contributed by atoms with Crippen molar-refractivity contribution in [1.82, 2.24) is 9.55 Å².